The van der Waals surface area contributed by atoms with E-state index in [4.69, 9.17) is 11.6 Å². The Morgan fingerprint density at radius 1 is 0.967 bits per heavy atom. The molecule has 1 aliphatic heterocycles. The summed E-state index contributed by atoms with van der Waals surface area (Å²) in [6.45, 7) is 0. The first-order valence-electron chi connectivity index (χ1n) is 7.25. The van der Waals surface area contributed by atoms with Crippen LogP contribution in [0.5, 0.6) is 0 Å². The van der Waals surface area contributed by atoms with Crippen LogP contribution in [0.1, 0.15) is 20.7 Å². The second kappa shape index (κ2) is 7.52. The van der Waals surface area contributed by atoms with Gasteiger partial charge in [0.25, 0.3) is 11.8 Å². The van der Waals surface area contributed by atoms with Gasteiger partial charge in [0.15, 0.2) is 0 Å². The molecule has 154 valence electrons. The number of anilines is 1. The molecule has 4 amide bonds. The van der Waals surface area contributed by atoms with Gasteiger partial charge < -0.3 is 14.8 Å². The van der Waals surface area contributed by atoms with E-state index < -0.39 is 70.1 Å². The third-order valence-electron chi connectivity index (χ3n) is 3.98. The quantitative estimate of drug-likeness (QED) is 0.0655. The second-order valence-electron chi connectivity index (χ2n) is 5.67. The van der Waals surface area contributed by atoms with Gasteiger partial charge in [0.2, 0.25) is 0 Å². The average molecular weight is 450 g/mol. The predicted octanol–water partition coefficient (Wildman–Crippen LogP) is -5.08. The average Bonchev–Trinajstić information content (AvgIpc) is 2.61. The number of nitrogens with one attached hydrogen (secondary N) is 2. The summed E-state index contributed by atoms with van der Waals surface area (Å²) in [6.07, 6.45) is 0. The van der Waals surface area contributed by atoms with Gasteiger partial charge >= 0.3 is 24.9 Å². The minimum atomic E-state index is -5.25. The Labute approximate surface area is 180 Å². The van der Waals surface area contributed by atoms with Crippen molar-refractivity contribution in [3.63, 3.8) is 0 Å². The van der Waals surface area contributed by atoms with Crippen molar-refractivity contribution in [1.82, 2.24) is 15.9 Å². The molecule has 0 spiro atoms. The van der Waals surface area contributed by atoms with Crippen LogP contribution in [0.15, 0.2) is 28.0 Å². The fourth-order valence-electron chi connectivity index (χ4n) is 2.79. The standard InChI is InChI=1S/C13H11N5O9S2.Li/c14-10-5-1-4(28(22,23)24)2-6-9(5)7(3-8(10)29(25,26)27)12(20)18(11(6)19)17-13(21)16-15;/h1-3H,14-15H2,(H2,16,17,21)(H,22,23,24)(H,25,26,27);/q;+1/p-2. The normalized spacial score (nSPS) is 13.8. The fraction of sp³-hybridized carbons (Fsp3) is 0. The number of urea groups is 1. The number of nitrogens with two attached hydrogens (primary N) is 2. The monoisotopic (exact) mass is 450 g/mol. The third-order valence-corrected chi connectivity index (χ3v) is 5.67. The summed E-state index contributed by atoms with van der Waals surface area (Å²) in [4.78, 5) is 34.6. The molecule has 2 aromatic rings. The van der Waals surface area contributed by atoms with Crippen molar-refractivity contribution in [3.05, 3.63) is 29.3 Å². The van der Waals surface area contributed by atoms with Crippen LogP contribution < -0.4 is 41.3 Å². The Hall–Kier alpha value is -2.71. The van der Waals surface area contributed by atoms with Gasteiger partial charge in [-0.2, -0.15) is 5.01 Å². The number of benzene rings is 2. The molecule has 0 saturated heterocycles. The Bertz CT molecular complexity index is 1320. The smallest absolute Gasteiger partial charge is 0.744 e. The minimum Gasteiger partial charge on any atom is -0.744 e. The molecule has 0 saturated carbocycles. The first kappa shape index (κ1) is 23.6. The molecule has 0 bridgehead atoms. The van der Waals surface area contributed by atoms with Gasteiger partial charge in [-0.3, -0.25) is 15.0 Å². The van der Waals surface area contributed by atoms with E-state index in [9.17, 15) is 40.3 Å². The van der Waals surface area contributed by atoms with Crippen molar-refractivity contribution in [1.29, 1.82) is 0 Å². The van der Waals surface area contributed by atoms with Gasteiger partial charge in [-0.1, -0.05) is 0 Å². The Kier molecular flexibility index (Phi) is 5.90. The number of carbonyl (C=O) groups excluding carboxylic acids is 3. The third kappa shape index (κ3) is 3.72. The molecule has 1 aliphatic rings. The molecule has 0 atom stereocenters. The molecular formula is C13H9LiN5O9S2-. The summed E-state index contributed by atoms with van der Waals surface area (Å²) < 4.78 is 68.9. The number of imide groups is 1. The zero-order valence-corrected chi connectivity index (χ0v) is 16.5. The van der Waals surface area contributed by atoms with E-state index >= 15 is 0 Å². The number of carbonyl (C=O) groups is 3. The van der Waals surface area contributed by atoms with E-state index in [0.717, 1.165) is 0 Å². The molecule has 3 rings (SSSR count). The van der Waals surface area contributed by atoms with Crippen LogP contribution in [0.4, 0.5) is 10.5 Å². The van der Waals surface area contributed by atoms with Gasteiger partial charge in [0.1, 0.15) is 20.2 Å². The number of hydrazine groups is 2. The molecule has 0 aromatic heterocycles. The van der Waals surface area contributed by atoms with Gasteiger partial charge in [-0.25, -0.2) is 32.9 Å². The van der Waals surface area contributed by atoms with E-state index in [1.165, 1.54) is 0 Å². The first-order valence-corrected chi connectivity index (χ1v) is 10.1. The van der Waals surface area contributed by atoms with Crippen LogP contribution >= 0.6 is 0 Å². The Morgan fingerprint density at radius 3 is 1.97 bits per heavy atom. The summed E-state index contributed by atoms with van der Waals surface area (Å²) in [5.41, 5.74) is 7.10. The fourth-order valence-corrected chi connectivity index (χ4v) is 3.95. The number of amides is 4. The molecule has 14 nitrogen and oxygen atoms in total. The van der Waals surface area contributed by atoms with E-state index in [-0.39, 0.29) is 29.3 Å². The van der Waals surface area contributed by atoms with Crippen LogP contribution in [0.25, 0.3) is 10.8 Å². The largest absolute Gasteiger partial charge is 1.00 e. The maximum atomic E-state index is 12.6. The van der Waals surface area contributed by atoms with Crippen LogP contribution in [-0.2, 0) is 20.2 Å². The molecule has 0 fully saturated rings. The number of hydrogen-bond acceptors (Lipinski definition) is 11. The molecule has 17 heteroatoms. The van der Waals surface area contributed by atoms with Crippen molar-refractivity contribution in [2.24, 2.45) is 5.84 Å². The SMILES string of the molecule is NNC(=O)NN1C(=O)c2cc(S(=O)(=O)[O-])cc3c(N)c(S(=O)(=O)[O-])cc(c23)C1=O.[Li+]. The van der Waals surface area contributed by atoms with Gasteiger partial charge in [-0.05, 0) is 18.2 Å². The first-order chi connectivity index (χ1) is 13.3. The van der Waals surface area contributed by atoms with Crippen molar-refractivity contribution in [3.8, 4) is 0 Å². The summed E-state index contributed by atoms with van der Waals surface area (Å²) in [5.74, 6) is 2.33. The number of nitrogen functional groups attached to an aromatic ring is 1. The minimum absolute atomic E-state index is 0. The van der Waals surface area contributed by atoms with Gasteiger partial charge in [-0.15, -0.1) is 0 Å². The Morgan fingerprint density at radius 2 is 1.50 bits per heavy atom. The topological polar surface area (TPSA) is 245 Å². The van der Waals surface area contributed by atoms with E-state index in [0.29, 0.717) is 18.2 Å². The van der Waals surface area contributed by atoms with Crippen LogP contribution in [0, 0.1) is 0 Å². The van der Waals surface area contributed by atoms with Crippen LogP contribution in [-0.4, -0.2) is 48.8 Å². The van der Waals surface area contributed by atoms with Crippen LogP contribution in [0.3, 0.4) is 0 Å². The molecule has 0 aliphatic carbocycles. The molecule has 2 aromatic carbocycles. The van der Waals surface area contributed by atoms with Crippen molar-refractivity contribution in [2.75, 3.05) is 5.73 Å². The summed E-state index contributed by atoms with van der Waals surface area (Å²) in [7, 11) is -10.4. The molecule has 0 radical (unpaired) electrons. The number of rotatable bonds is 3. The molecule has 0 unspecified atom stereocenters. The zero-order chi connectivity index (χ0) is 21.9. The zero-order valence-electron chi connectivity index (χ0n) is 14.8. The van der Waals surface area contributed by atoms with Crippen molar-refractivity contribution in [2.45, 2.75) is 9.79 Å². The van der Waals surface area contributed by atoms with Gasteiger partial charge in [0.05, 0.1) is 26.6 Å². The van der Waals surface area contributed by atoms with E-state index in [1.807, 2.05) is 0 Å². The van der Waals surface area contributed by atoms with Gasteiger partial charge in [0, 0.05) is 10.8 Å². The summed E-state index contributed by atoms with van der Waals surface area (Å²) in [5, 5.41) is -0.699. The predicted molar refractivity (Wildman–Crippen MR) is 90.6 cm³/mol. The number of nitrogens with zero attached hydrogens (tertiary/aromatic N) is 1. The molecule has 30 heavy (non-hydrogen) atoms. The van der Waals surface area contributed by atoms with Crippen molar-refractivity contribution < 1.29 is 59.2 Å². The second-order valence-corrected chi connectivity index (χ2v) is 8.40. The van der Waals surface area contributed by atoms with E-state index in [1.54, 1.807) is 10.9 Å². The summed E-state index contributed by atoms with van der Waals surface area (Å²) in [6, 6.07) is 0.623. The molecular weight excluding hydrogens is 441 g/mol. The molecule has 6 N–H and O–H groups in total. The van der Waals surface area contributed by atoms with Crippen LogP contribution in [0.2, 0.25) is 0 Å². The maximum Gasteiger partial charge on any atom is 1.00 e. The van der Waals surface area contributed by atoms with Crippen molar-refractivity contribution >= 4 is 54.5 Å². The number of hydrogen-bond donors (Lipinski definition) is 4. The van der Waals surface area contributed by atoms with E-state index in [2.05, 4.69) is 0 Å². The Balaban J connectivity index is 0.00000320. The summed E-state index contributed by atoms with van der Waals surface area (Å²) >= 11 is 0. The molecule has 1 heterocycles. The maximum absolute atomic E-state index is 12.6.